The number of hydrogen-bond acceptors (Lipinski definition) is 4. The lowest BCUT2D eigenvalue weighted by Gasteiger charge is -2.31. The number of rotatable bonds is 8. The van der Waals surface area contributed by atoms with E-state index in [1.54, 1.807) is 36.7 Å². The lowest BCUT2D eigenvalue weighted by molar-refractivity contribution is 0.348. The molecule has 1 heterocycles. The van der Waals surface area contributed by atoms with Crippen molar-refractivity contribution in [3.63, 3.8) is 0 Å². The van der Waals surface area contributed by atoms with E-state index in [0.29, 0.717) is 11.1 Å². The van der Waals surface area contributed by atoms with Crippen LogP contribution in [0.2, 0.25) is 0 Å². The number of nitrogens with zero attached hydrogens (tertiary/aromatic N) is 2. The maximum Gasteiger partial charge on any atom is 0.212 e. The van der Waals surface area contributed by atoms with E-state index < -0.39 is 21.4 Å². The molecule has 0 saturated heterocycles. The summed E-state index contributed by atoms with van der Waals surface area (Å²) in [7, 11) is -3.68. The van der Waals surface area contributed by atoms with Gasteiger partial charge in [-0.05, 0) is 17.2 Å². The van der Waals surface area contributed by atoms with Gasteiger partial charge in [0.15, 0.2) is 0 Å². The molecule has 0 spiro atoms. The molecule has 0 aliphatic heterocycles. The van der Waals surface area contributed by atoms with Gasteiger partial charge in [-0.25, -0.2) is 8.42 Å². The van der Waals surface area contributed by atoms with Crippen LogP contribution in [0.25, 0.3) is 0 Å². The minimum Gasteiger partial charge on any atom is -0.507 e. The monoisotopic (exact) mass is 464 g/mol. The Kier molecular flexibility index (Phi) is 7.36. The Labute approximate surface area is 187 Å². The summed E-state index contributed by atoms with van der Waals surface area (Å²) in [6, 6.07) is 17.4. The number of phenols is 1. The molecule has 0 aliphatic carbocycles. The van der Waals surface area contributed by atoms with Gasteiger partial charge in [-0.2, -0.15) is 4.31 Å². The maximum atomic E-state index is 12.9. The number of aromatic hydroxyl groups is 1. The minimum atomic E-state index is -3.68. The van der Waals surface area contributed by atoms with Gasteiger partial charge in [-0.3, -0.25) is 4.98 Å². The Morgan fingerprint density at radius 3 is 2.33 bits per heavy atom. The van der Waals surface area contributed by atoms with Gasteiger partial charge in [0.2, 0.25) is 10.0 Å². The second-order valence-electron chi connectivity index (χ2n) is 6.88. The number of halogens is 2. The first-order valence-corrected chi connectivity index (χ1v) is 12.1. The Morgan fingerprint density at radius 1 is 1.03 bits per heavy atom. The number of hydrogen-bond donors (Lipinski definition) is 1. The fourth-order valence-corrected chi connectivity index (χ4v) is 4.68. The number of para-hydroxylation sites is 1. The number of benzene rings is 2. The van der Waals surface area contributed by atoms with Crippen LogP contribution < -0.4 is 0 Å². The Hall–Kier alpha value is -2.12. The second kappa shape index (κ2) is 9.79. The second-order valence-corrected chi connectivity index (χ2v) is 9.66. The lowest BCUT2D eigenvalue weighted by Crippen LogP contribution is -2.34. The van der Waals surface area contributed by atoms with E-state index >= 15 is 0 Å². The number of pyridine rings is 1. The molecule has 2 unspecified atom stereocenters. The number of alkyl halides is 2. The molecule has 1 aromatic heterocycles. The molecule has 0 radical (unpaired) electrons. The zero-order valence-corrected chi connectivity index (χ0v) is 18.6. The highest BCUT2D eigenvalue weighted by atomic mass is 35.5. The molecule has 2 aromatic carbocycles. The van der Waals surface area contributed by atoms with Crippen molar-refractivity contribution >= 4 is 33.2 Å². The summed E-state index contributed by atoms with van der Waals surface area (Å²) in [5.41, 5.74) is 2.43. The first-order chi connectivity index (χ1) is 14.3. The highest BCUT2D eigenvalue weighted by Crippen LogP contribution is 2.36. The zero-order valence-electron chi connectivity index (χ0n) is 16.3. The molecule has 30 heavy (non-hydrogen) atoms. The molecule has 0 fully saturated rings. The van der Waals surface area contributed by atoms with Crippen LogP contribution in [0.15, 0.2) is 73.1 Å². The van der Waals surface area contributed by atoms with Crippen LogP contribution in [0.4, 0.5) is 0 Å². The van der Waals surface area contributed by atoms with E-state index in [9.17, 15) is 13.5 Å². The molecule has 2 atom stereocenters. The molecule has 0 amide bonds. The molecule has 0 aliphatic rings. The number of aromatic nitrogens is 1. The molecule has 3 aromatic rings. The molecular formula is C22H22Cl2N2O3S. The summed E-state index contributed by atoms with van der Waals surface area (Å²) < 4.78 is 27.1. The first kappa shape index (κ1) is 22.6. The van der Waals surface area contributed by atoms with Crippen LogP contribution >= 0.6 is 23.2 Å². The quantitative estimate of drug-likeness (QED) is 0.483. The standard InChI is InChI=1S/C22H22Cl2N2O3S/c1-30(28,29)26(15-18-9-5-11-19(22(18)27)20(24)13-23)21(16-7-3-2-4-8-16)17-10-6-12-25-14-17/h2-12,14,20-21,27H,13,15H2,1H3. The fraction of sp³-hybridized carbons (Fsp3) is 0.227. The van der Waals surface area contributed by atoms with E-state index in [-0.39, 0.29) is 18.2 Å². The van der Waals surface area contributed by atoms with Crippen molar-refractivity contribution in [2.75, 3.05) is 12.1 Å². The van der Waals surface area contributed by atoms with Crippen molar-refractivity contribution in [1.29, 1.82) is 0 Å². The van der Waals surface area contributed by atoms with Crippen molar-refractivity contribution in [1.82, 2.24) is 9.29 Å². The van der Waals surface area contributed by atoms with Gasteiger partial charge in [0.05, 0.1) is 17.7 Å². The summed E-state index contributed by atoms with van der Waals surface area (Å²) in [5.74, 6) is 0.0706. The van der Waals surface area contributed by atoms with Gasteiger partial charge < -0.3 is 5.11 Å². The van der Waals surface area contributed by atoms with Crippen LogP contribution in [0.5, 0.6) is 5.75 Å². The van der Waals surface area contributed by atoms with Crippen LogP contribution in [-0.2, 0) is 16.6 Å². The van der Waals surface area contributed by atoms with E-state index in [1.807, 2.05) is 36.4 Å². The molecule has 0 saturated carbocycles. The van der Waals surface area contributed by atoms with E-state index in [2.05, 4.69) is 4.98 Å². The third-order valence-electron chi connectivity index (χ3n) is 4.78. The van der Waals surface area contributed by atoms with E-state index in [0.717, 1.165) is 17.4 Å². The average molecular weight is 465 g/mol. The summed E-state index contributed by atoms with van der Waals surface area (Å²) in [6.07, 6.45) is 4.44. The van der Waals surface area contributed by atoms with Crippen molar-refractivity contribution < 1.29 is 13.5 Å². The Balaban J connectivity index is 2.12. The van der Waals surface area contributed by atoms with Gasteiger partial charge in [-0.1, -0.05) is 54.6 Å². The third-order valence-corrected chi connectivity index (χ3v) is 6.83. The number of sulfonamides is 1. The summed E-state index contributed by atoms with van der Waals surface area (Å²) in [4.78, 5) is 4.17. The fourth-order valence-electron chi connectivity index (χ4n) is 3.34. The SMILES string of the molecule is CS(=O)(=O)N(Cc1cccc(C(Cl)CCl)c1O)C(c1ccccc1)c1cccnc1. The van der Waals surface area contributed by atoms with Crippen molar-refractivity contribution in [3.8, 4) is 5.75 Å². The van der Waals surface area contributed by atoms with E-state index in [4.69, 9.17) is 23.2 Å². The van der Waals surface area contributed by atoms with Crippen LogP contribution in [0, 0.1) is 0 Å². The summed E-state index contributed by atoms with van der Waals surface area (Å²) >= 11 is 12.1. The van der Waals surface area contributed by atoms with Gasteiger partial charge in [-0.15, -0.1) is 23.2 Å². The molecule has 3 rings (SSSR count). The lowest BCUT2D eigenvalue weighted by atomic mass is 9.99. The van der Waals surface area contributed by atoms with Crippen molar-refractivity contribution in [2.24, 2.45) is 0 Å². The topological polar surface area (TPSA) is 70.5 Å². The molecule has 8 heteroatoms. The normalized spacial score (nSPS) is 13.9. The first-order valence-electron chi connectivity index (χ1n) is 9.25. The highest BCUT2D eigenvalue weighted by Gasteiger charge is 2.31. The molecule has 1 N–H and O–H groups in total. The van der Waals surface area contributed by atoms with Gasteiger partial charge >= 0.3 is 0 Å². The summed E-state index contributed by atoms with van der Waals surface area (Å²) in [6.45, 7) is -0.0428. The maximum absolute atomic E-state index is 12.9. The molecular weight excluding hydrogens is 443 g/mol. The molecule has 158 valence electrons. The third kappa shape index (κ3) is 5.13. The van der Waals surface area contributed by atoms with Crippen LogP contribution in [-0.4, -0.2) is 34.9 Å². The minimum absolute atomic E-state index is 0.0428. The average Bonchev–Trinajstić information content (AvgIpc) is 2.75. The van der Waals surface area contributed by atoms with Crippen molar-refractivity contribution in [2.45, 2.75) is 18.0 Å². The smallest absolute Gasteiger partial charge is 0.212 e. The largest absolute Gasteiger partial charge is 0.507 e. The van der Waals surface area contributed by atoms with Crippen LogP contribution in [0.1, 0.15) is 33.7 Å². The predicted molar refractivity (Wildman–Crippen MR) is 120 cm³/mol. The zero-order chi connectivity index (χ0) is 21.7. The van der Waals surface area contributed by atoms with Gasteiger partial charge in [0.25, 0.3) is 0 Å². The van der Waals surface area contributed by atoms with Crippen molar-refractivity contribution in [3.05, 3.63) is 95.3 Å². The summed E-state index contributed by atoms with van der Waals surface area (Å²) in [5, 5.41) is 10.2. The Bertz CT molecular complexity index is 1040. The molecule has 0 bridgehead atoms. The highest BCUT2D eigenvalue weighted by molar-refractivity contribution is 7.88. The molecule has 5 nitrogen and oxygen atoms in total. The van der Waals surface area contributed by atoms with Gasteiger partial charge in [0.1, 0.15) is 5.75 Å². The van der Waals surface area contributed by atoms with Crippen LogP contribution in [0.3, 0.4) is 0 Å². The predicted octanol–water partition coefficient (Wildman–Crippen LogP) is 4.86. The van der Waals surface area contributed by atoms with E-state index in [1.165, 1.54) is 4.31 Å². The van der Waals surface area contributed by atoms with Gasteiger partial charge in [0, 0.05) is 35.9 Å². The Morgan fingerprint density at radius 2 is 1.73 bits per heavy atom. The number of phenolic OH excluding ortho intramolecular Hbond substituents is 1.